The lowest BCUT2D eigenvalue weighted by molar-refractivity contribution is 0.00867. The van der Waals surface area contributed by atoms with Crippen LogP contribution in [0.1, 0.15) is 51.2 Å². The number of nitrogens with zero attached hydrogens (tertiary/aromatic N) is 3. The van der Waals surface area contributed by atoms with Crippen LogP contribution in [0.25, 0.3) is 0 Å². The Morgan fingerprint density at radius 1 is 1.26 bits per heavy atom. The normalized spacial score (nSPS) is 17.5. The predicted molar refractivity (Wildman–Crippen MR) is 115 cm³/mol. The van der Waals surface area contributed by atoms with Crippen LogP contribution >= 0.6 is 11.3 Å². The van der Waals surface area contributed by atoms with Crippen LogP contribution in [0.2, 0.25) is 0 Å². The third-order valence-corrected chi connectivity index (χ3v) is 6.00. The van der Waals surface area contributed by atoms with E-state index < -0.39 is 0 Å². The van der Waals surface area contributed by atoms with Crippen LogP contribution < -0.4 is 10.6 Å². The number of guanidine groups is 1. The minimum Gasteiger partial charge on any atom is -0.379 e. The van der Waals surface area contributed by atoms with Crippen LogP contribution in [0.15, 0.2) is 10.4 Å². The highest BCUT2D eigenvalue weighted by Crippen LogP contribution is 2.19. The zero-order chi connectivity index (χ0) is 19.6. The van der Waals surface area contributed by atoms with Crippen molar-refractivity contribution in [1.82, 2.24) is 20.5 Å². The Kier molecular flexibility index (Phi) is 9.51. The van der Waals surface area contributed by atoms with Gasteiger partial charge in [0.1, 0.15) is 0 Å². The molecule has 1 aliphatic heterocycles. The van der Waals surface area contributed by atoms with Gasteiger partial charge in [-0.15, -0.1) is 11.3 Å². The second-order valence-corrected chi connectivity index (χ2v) is 8.58. The van der Waals surface area contributed by atoms with Crippen molar-refractivity contribution < 1.29 is 4.74 Å². The predicted octanol–water partition coefficient (Wildman–Crippen LogP) is 2.72. The number of ether oxygens (including phenoxy) is 1. The average molecular weight is 396 g/mol. The molecule has 1 unspecified atom stereocenters. The Hall–Kier alpha value is -1.18. The van der Waals surface area contributed by atoms with Gasteiger partial charge in [-0.1, -0.05) is 27.7 Å². The van der Waals surface area contributed by atoms with Crippen molar-refractivity contribution in [2.45, 2.75) is 53.0 Å². The topological polar surface area (TPSA) is 61.8 Å². The van der Waals surface area contributed by atoms with E-state index in [-0.39, 0.29) is 0 Å². The lowest BCUT2D eigenvalue weighted by Gasteiger charge is -2.36. The fourth-order valence-corrected chi connectivity index (χ4v) is 4.06. The van der Waals surface area contributed by atoms with Crippen molar-refractivity contribution in [2.24, 2.45) is 10.9 Å². The maximum atomic E-state index is 5.50. The van der Waals surface area contributed by atoms with E-state index in [4.69, 9.17) is 14.7 Å². The van der Waals surface area contributed by atoms with Crippen LogP contribution in [-0.2, 0) is 11.2 Å². The summed E-state index contributed by atoms with van der Waals surface area (Å²) in [7, 11) is 0. The number of nitrogens with one attached hydrogen (secondary N) is 2. The smallest absolute Gasteiger partial charge is 0.191 e. The number of thiazole rings is 1. The van der Waals surface area contributed by atoms with Gasteiger partial charge in [0.05, 0.1) is 30.5 Å². The maximum Gasteiger partial charge on any atom is 0.191 e. The molecule has 1 aliphatic rings. The first kappa shape index (κ1) is 22.1. The van der Waals surface area contributed by atoms with Gasteiger partial charge in [0.2, 0.25) is 0 Å². The number of hydrogen-bond acceptors (Lipinski definition) is 5. The lowest BCUT2D eigenvalue weighted by Crippen LogP contribution is -2.48. The summed E-state index contributed by atoms with van der Waals surface area (Å²) in [6.45, 7) is 17.2. The summed E-state index contributed by atoms with van der Waals surface area (Å²) in [5, 5.41) is 10.2. The fourth-order valence-electron chi connectivity index (χ4n) is 3.20. The van der Waals surface area contributed by atoms with Crippen molar-refractivity contribution in [3.63, 3.8) is 0 Å². The number of morpholine rings is 1. The Morgan fingerprint density at radius 2 is 2.00 bits per heavy atom. The number of aromatic nitrogens is 1. The summed E-state index contributed by atoms with van der Waals surface area (Å²) in [6, 6.07) is 0.455. The molecule has 2 N–H and O–H groups in total. The van der Waals surface area contributed by atoms with Crippen molar-refractivity contribution >= 4 is 17.3 Å². The van der Waals surface area contributed by atoms with Gasteiger partial charge < -0.3 is 15.4 Å². The van der Waals surface area contributed by atoms with E-state index in [0.29, 0.717) is 17.9 Å². The van der Waals surface area contributed by atoms with E-state index in [0.717, 1.165) is 58.3 Å². The van der Waals surface area contributed by atoms with Gasteiger partial charge in [0.25, 0.3) is 0 Å². The van der Waals surface area contributed by atoms with E-state index in [1.807, 2.05) is 0 Å². The van der Waals surface area contributed by atoms with Crippen LogP contribution in [-0.4, -0.2) is 67.8 Å². The molecule has 0 amide bonds. The van der Waals surface area contributed by atoms with Gasteiger partial charge in [-0.3, -0.25) is 9.89 Å². The van der Waals surface area contributed by atoms with Crippen molar-refractivity contribution in [3.05, 3.63) is 16.1 Å². The average Bonchev–Trinajstić information content (AvgIpc) is 3.12. The first-order chi connectivity index (χ1) is 13.0. The van der Waals surface area contributed by atoms with Gasteiger partial charge in [0.15, 0.2) is 5.96 Å². The van der Waals surface area contributed by atoms with E-state index in [9.17, 15) is 0 Å². The van der Waals surface area contributed by atoms with E-state index >= 15 is 0 Å². The van der Waals surface area contributed by atoms with Crippen molar-refractivity contribution in [3.8, 4) is 0 Å². The molecule has 1 saturated heterocycles. The molecular weight excluding hydrogens is 358 g/mol. The van der Waals surface area contributed by atoms with Crippen LogP contribution in [0, 0.1) is 5.92 Å². The van der Waals surface area contributed by atoms with Gasteiger partial charge in [-0.25, -0.2) is 4.98 Å². The third-order valence-electron chi connectivity index (χ3n) is 4.80. The monoisotopic (exact) mass is 395 g/mol. The molecular formula is C20H37N5OS. The largest absolute Gasteiger partial charge is 0.379 e. The highest BCUT2D eigenvalue weighted by molar-refractivity contribution is 7.09. The van der Waals surface area contributed by atoms with Crippen LogP contribution in [0.4, 0.5) is 0 Å². The van der Waals surface area contributed by atoms with Gasteiger partial charge in [-0.05, 0) is 12.8 Å². The molecule has 0 saturated carbocycles. The zero-order valence-corrected chi connectivity index (χ0v) is 18.4. The van der Waals surface area contributed by atoms with E-state index in [1.54, 1.807) is 11.3 Å². The second kappa shape index (κ2) is 11.6. The first-order valence-corrected chi connectivity index (χ1v) is 11.2. The summed E-state index contributed by atoms with van der Waals surface area (Å²) < 4.78 is 5.50. The summed E-state index contributed by atoms with van der Waals surface area (Å²) in [6.07, 6.45) is 0.921. The van der Waals surface area contributed by atoms with Crippen LogP contribution in [0.3, 0.4) is 0 Å². The Labute approximate surface area is 168 Å². The molecule has 2 heterocycles. The second-order valence-electron chi connectivity index (χ2n) is 7.69. The van der Waals surface area contributed by atoms with Crippen molar-refractivity contribution in [1.29, 1.82) is 0 Å². The van der Waals surface area contributed by atoms with E-state index in [2.05, 4.69) is 55.5 Å². The summed E-state index contributed by atoms with van der Waals surface area (Å²) in [5.41, 5.74) is 1.17. The molecule has 0 radical (unpaired) electrons. The number of hydrogen-bond donors (Lipinski definition) is 2. The first-order valence-electron chi connectivity index (χ1n) is 10.3. The maximum absolute atomic E-state index is 5.50. The molecule has 154 valence electrons. The molecule has 0 aliphatic carbocycles. The Balaban J connectivity index is 1.87. The minimum atomic E-state index is 0.455. The Morgan fingerprint density at radius 3 is 2.59 bits per heavy atom. The summed E-state index contributed by atoms with van der Waals surface area (Å²) >= 11 is 1.76. The molecule has 0 spiro atoms. The Bertz CT molecular complexity index is 566. The molecule has 1 fully saturated rings. The van der Waals surface area contributed by atoms with Gasteiger partial charge in [0, 0.05) is 49.9 Å². The quantitative estimate of drug-likeness (QED) is 0.497. The SMILES string of the molecule is CCNC(=NCC(C(C)C)N1CCOCC1)NCCc1csc(C(C)C)n1. The standard InChI is InChI=1S/C20H37N5OS/c1-6-21-20(22-8-7-17-14-27-19(24-17)16(4)5)23-13-18(15(2)3)25-9-11-26-12-10-25/h14-16,18H,6-13H2,1-5H3,(H2,21,22,23). The molecule has 2 rings (SSSR count). The molecule has 1 aromatic heterocycles. The molecule has 0 aromatic carbocycles. The van der Waals surface area contributed by atoms with Gasteiger partial charge >= 0.3 is 0 Å². The van der Waals surface area contributed by atoms with E-state index in [1.165, 1.54) is 10.7 Å². The summed E-state index contributed by atoms with van der Waals surface area (Å²) in [4.78, 5) is 12.1. The zero-order valence-electron chi connectivity index (χ0n) is 17.6. The third kappa shape index (κ3) is 7.39. The highest BCUT2D eigenvalue weighted by Gasteiger charge is 2.23. The highest BCUT2D eigenvalue weighted by atomic mass is 32.1. The fraction of sp³-hybridized carbons (Fsp3) is 0.800. The number of aliphatic imine (C=N–C) groups is 1. The summed E-state index contributed by atoms with van der Waals surface area (Å²) in [5.74, 6) is 1.97. The van der Waals surface area contributed by atoms with Crippen molar-refractivity contribution in [2.75, 3.05) is 45.9 Å². The molecule has 7 heteroatoms. The molecule has 1 atom stereocenters. The van der Waals surface area contributed by atoms with Gasteiger partial charge in [-0.2, -0.15) is 0 Å². The molecule has 1 aromatic rings. The minimum absolute atomic E-state index is 0.455. The molecule has 6 nitrogen and oxygen atoms in total. The number of rotatable bonds is 9. The molecule has 0 bridgehead atoms. The van der Waals surface area contributed by atoms with Crippen LogP contribution in [0.5, 0.6) is 0 Å². The lowest BCUT2D eigenvalue weighted by atomic mass is 10.0. The molecule has 27 heavy (non-hydrogen) atoms.